The van der Waals surface area contributed by atoms with E-state index in [1.165, 1.54) is 18.4 Å². The van der Waals surface area contributed by atoms with Crippen molar-refractivity contribution in [3.05, 3.63) is 72.4 Å². The maximum atomic E-state index is 2.31. The van der Waals surface area contributed by atoms with E-state index >= 15 is 0 Å². The lowest BCUT2D eigenvalue weighted by atomic mass is 10.1. The molecular weight excluding hydrogens is 228 g/mol. The minimum atomic E-state index is 1.15. The zero-order valence-corrected chi connectivity index (χ0v) is 12.1. The Morgan fingerprint density at radius 2 is 1.21 bits per heavy atom. The van der Waals surface area contributed by atoms with Crippen molar-refractivity contribution in [1.29, 1.82) is 0 Å². The molecule has 19 heavy (non-hydrogen) atoms. The van der Waals surface area contributed by atoms with Crippen molar-refractivity contribution in [2.24, 2.45) is 0 Å². The quantitative estimate of drug-likeness (QED) is 0.382. The number of unbranched alkanes of at least 4 members (excludes halogenated alkanes) is 2. The fourth-order valence-corrected chi connectivity index (χ4v) is 1.92. The number of hydrogen-bond acceptors (Lipinski definition) is 0. The minimum absolute atomic E-state index is 1.15. The molecule has 0 saturated carbocycles. The molecule has 0 aliphatic rings. The van der Waals surface area contributed by atoms with Crippen molar-refractivity contribution in [1.82, 2.24) is 0 Å². The van der Waals surface area contributed by atoms with E-state index in [0.29, 0.717) is 0 Å². The fraction of sp³-hybridized carbons (Fsp3) is 0.368. The lowest BCUT2D eigenvalue weighted by molar-refractivity contribution is 0.969. The summed E-state index contributed by atoms with van der Waals surface area (Å²) < 4.78 is 0. The lowest BCUT2D eigenvalue weighted by Crippen LogP contribution is -1.81. The molecule has 0 fully saturated rings. The van der Waals surface area contributed by atoms with E-state index in [1.807, 2.05) is 0 Å². The van der Waals surface area contributed by atoms with Crippen LogP contribution in [-0.2, 0) is 6.42 Å². The van der Waals surface area contributed by atoms with Gasteiger partial charge < -0.3 is 0 Å². The zero-order chi connectivity index (χ0) is 13.6. The first kappa shape index (κ1) is 15.5. The Kier molecular flexibility index (Phi) is 9.40. The van der Waals surface area contributed by atoms with Gasteiger partial charge in [0, 0.05) is 0 Å². The van der Waals surface area contributed by atoms with E-state index < -0.39 is 0 Å². The third-order valence-corrected chi connectivity index (χ3v) is 3.01. The molecule has 0 atom stereocenters. The van der Waals surface area contributed by atoms with Gasteiger partial charge in [-0.15, -0.1) is 0 Å². The summed E-state index contributed by atoms with van der Waals surface area (Å²) in [4.78, 5) is 0. The molecule has 1 rings (SSSR count). The third kappa shape index (κ3) is 9.07. The molecule has 0 aliphatic heterocycles. The fourth-order valence-electron chi connectivity index (χ4n) is 1.92. The van der Waals surface area contributed by atoms with Crippen LogP contribution in [0.1, 0.15) is 44.6 Å². The lowest BCUT2D eigenvalue weighted by Gasteiger charge is -1.96. The maximum Gasteiger partial charge on any atom is -0.0244 e. The first-order chi connectivity index (χ1) is 9.43. The van der Waals surface area contributed by atoms with E-state index in [9.17, 15) is 0 Å². The molecule has 0 heterocycles. The van der Waals surface area contributed by atoms with Crippen molar-refractivity contribution in [3.8, 4) is 0 Å². The van der Waals surface area contributed by atoms with Gasteiger partial charge in [0.05, 0.1) is 0 Å². The van der Waals surface area contributed by atoms with Gasteiger partial charge in [-0.1, -0.05) is 66.8 Å². The highest BCUT2D eigenvalue weighted by Crippen LogP contribution is 2.04. The molecule has 0 heteroatoms. The molecule has 0 bridgehead atoms. The summed E-state index contributed by atoms with van der Waals surface area (Å²) in [5.74, 6) is 0. The van der Waals surface area contributed by atoms with Gasteiger partial charge in [-0.2, -0.15) is 0 Å². The summed E-state index contributed by atoms with van der Waals surface area (Å²) >= 11 is 0. The van der Waals surface area contributed by atoms with Crippen molar-refractivity contribution in [2.45, 2.75) is 45.4 Å². The second kappa shape index (κ2) is 11.5. The molecule has 0 aliphatic carbocycles. The van der Waals surface area contributed by atoms with Crippen molar-refractivity contribution < 1.29 is 0 Å². The van der Waals surface area contributed by atoms with Crippen LogP contribution < -0.4 is 0 Å². The number of aryl methyl sites for hydroxylation is 1. The largest absolute Gasteiger partial charge is 0.0917 e. The van der Waals surface area contributed by atoms with Crippen LogP contribution in [-0.4, -0.2) is 0 Å². The summed E-state index contributed by atoms with van der Waals surface area (Å²) in [5, 5.41) is 0. The Bertz CT molecular complexity index is 382. The van der Waals surface area contributed by atoms with Crippen molar-refractivity contribution in [2.75, 3.05) is 0 Å². The van der Waals surface area contributed by atoms with Gasteiger partial charge in [-0.25, -0.2) is 0 Å². The van der Waals surface area contributed by atoms with Crippen LogP contribution in [0.3, 0.4) is 0 Å². The summed E-state index contributed by atoms with van der Waals surface area (Å²) in [5.41, 5.74) is 1.43. The highest BCUT2D eigenvalue weighted by atomic mass is 13.9. The van der Waals surface area contributed by atoms with Gasteiger partial charge in [-0.3, -0.25) is 0 Å². The molecule has 0 N–H and O–H groups in total. The van der Waals surface area contributed by atoms with Crippen LogP contribution >= 0.6 is 0 Å². The van der Waals surface area contributed by atoms with Gasteiger partial charge >= 0.3 is 0 Å². The SMILES string of the molecule is C/C=C/CC/C=C/CC/C=C/CCc1ccccc1. The van der Waals surface area contributed by atoms with Crippen molar-refractivity contribution in [3.63, 3.8) is 0 Å². The van der Waals surface area contributed by atoms with E-state index in [1.54, 1.807) is 0 Å². The molecule has 0 unspecified atom stereocenters. The predicted octanol–water partition coefficient (Wildman–Crippen LogP) is 5.87. The molecule has 102 valence electrons. The highest BCUT2D eigenvalue weighted by Gasteiger charge is 1.87. The second-order valence-corrected chi connectivity index (χ2v) is 4.69. The Balaban J connectivity index is 1.99. The van der Waals surface area contributed by atoms with Crippen LogP contribution in [0, 0.1) is 0 Å². The normalized spacial score (nSPS) is 12.1. The molecule has 0 radical (unpaired) electrons. The van der Waals surface area contributed by atoms with E-state index in [0.717, 1.165) is 25.7 Å². The van der Waals surface area contributed by atoms with Crippen LogP contribution in [0.4, 0.5) is 0 Å². The maximum absolute atomic E-state index is 2.31. The molecule has 0 amide bonds. The highest BCUT2D eigenvalue weighted by molar-refractivity contribution is 5.15. The van der Waals surface area contributed by atoms with Crippen LogP contribution in [0.2, 0.25) is 0 Å². The molecular formula is C19H26. The molecule has 0 nitrogen and oxygen atoms in total. The number of rotatable bonds is 9. The molecule has 0 spiro atoms. The second-order valence-electron chi connectivity index (χ2n) is 4.69. The summed E-state index contributed by atoms with van der Waals surface area (Å²) in [7, 11) is 0. The summed E-state index contributed by atoms with van der Waals surface area (Å²) in [6.45, 7) is 2.07. The number of allylic oxidation sites excluding steroid dienone is 6. The third-order valence-electron chi connectivity index (χ3n) is 3.01. The van der Waals surface area contributed by atoms with E-state index in [4.69, 9.17) is 0 Å². The molecule has 1 aromatic carbocycles. The van der Waals surface area contributed by atoms with Gasteiger partial charge in [0.1, 0.15) is 0 Å². The van der Waals surface area contributed by atoms with E-state index in [2.05, 4.69) is 73.7 Å². The average molecular weight is 254 g/mol. The molecule has 0 aromatic heterocycles. The Morgan fingerprint density at radius 1 is 0.684 bits per heavy atom. The van der Waals surface area contributed by atoms with Gasteiger partial charge in [0.15, 0.2) is 0 Å². The Labute approximate surface area is 118 Å². The molecule has 0 saturated heterocycles. The summed E-state index contributed by atoms with van der Waals surface area (Å²) in [6.07, 6.45) is 20.5. The molecule has 1 aromatic rings. The monoisotopic (exact) mass is 254 g/mol. The van der Waals surface area contributed by atoms with Gasteiger partial charge in [0.25, 0.3) is 0 Å². The first-order valence-electron chi connectivity index (χ1n) is 7.38. The van der Waals surface area contributed by atoms with Gasteiger partial charge in [-0.05, 0) is 51.0 Å². The smallest absolute Gasteiger partial charge is 0.0244 e. The van der Waals surface area contributed by atoms with Crippen molar-refractivity contribution >= 4 is 0 Å². The van der Waals surface area contributed by atoms with Crippen LogP contribution in [0.25, 0.3) is 0 Å². The standard InChI is InChI=1S/C19H26/c1-2-3-4-5-6-7-8-9-10-11-13-16-19-17-14-12-15-18-19/h2-3,6-7,10-12,14-15,17-18H,4-5,8-9,13,16H2,1H3/b3-2+,7-6+,11-10+. The number of benzene rings is 1. The Hall–Kier alpha value is -1.56. The van der Waals surface area contributed by atoms with E-state index in [-0.39, 0.29) is 0 Å². The number of hydrogen-bond donors (Lipinski definition) is 0. The van der Waals surface area contributed by atoms with Crippen LogP contribution in [0.15, 0.2) is 66.8 Å². The Morgan fingerprint density at radius 3 is 1.79 bits per heavy atom. The van der Waals surface area contributed by atoms with Gasteiger partial charge in [0.2, 0.25) is 0 Å². The minimum Gasteiger partial charge on any atom is -0.0917 e. The predicted molar refractivity (Wildman–Crippen MR) is 86.3 cm³/mol. The first-order valence-corrected chi connectivity index (χ1v) is 7.38. The zero-order valence-electron chi connectivity index (χ0n) is 12.1. The topological polar surface area (TPSA) is 0 Å². The van der Waals surface area contributed by atoms with Crippen LogP contribution in [0.5, 0.6) is 0 Å². The summed E-state index contributed by atoms with van der Waals surface area (Å²) in [6, 6.07) is 10.7. The average Bonchev–Trinajstić information content (AvgIpc) is 2.46.